The molecule has 116 valence electrons. The first-order chi connectivity index (χ1) is 9.61. The van der Waals surface area contributed by atoms with E-state index in [0.717, 1.165) is 12.1 Å². The normalized spacial score (nSPS) is 12.6. The van der Waals surface area contributed by atoms with Crippen molar-refractivity contribution in [2.75, 3.05) is 11.9 Å². The van der Waals surface area contributed by atoms with Crippen LogP contribution >= 0.6 is 15.9 Å². The van der Waals surface area contributed by atoms with Crippen LogP contribution in [0.25, 0.3) is 0 Å². The van der Waals surface area contributed by atoms with Crippen LogP contribution in [0.3, 0.4) is 0 Å². The molecule has 2 amide bonds. The Hall–Kier alpha value is -1.77. The zero-order valence-corrected chi connectivity index (χ0v) is 12.4. The van der Waals surface area contributed by atoms with Crippen molar-refractivity contribution in [3.8, 4) is 0 Å². The fourth-order valence-electron chi connectivity index (χ4n) is 1.36. The predicted octanol–water partition coefficient (Wildman–Crippen LogP) is 3.31. The molecular weight excluding hydrogens is 357 g/mol. The van der Waals surface area contributed by atoms with E-state index in [-0.39, 0.29) is 11.0 Å². The first-order valence-corrected chi connectivity index (χ1v) is 6.55. The third kappa shape index (κ3) is 5.25. The lowest BCUT2D eigenvalue weighted by atomic mass is 10.1. The van der Waals surface area contributed by atoms with E-state index in [0.29, 0.717) is 0 Å². The Labute approximate surface area is 126 Å². The van der Waals surface area contributed by atoms with Gasteiger partial charge in [-0.05, 0) is 18.2 Å². The minimum Gasteiger partial charge on any atom is -0.481 e. The number of halogens is 4. The number of hydrogen-bond acceptors (Lipinski definition) is 2. The van der Waals surface area contributed by atoms with Crippen LogP contribution in [0.1, 0.15) is 12.5 Å². The number of carboxylic acids is 1. The van der Waals surface area contributed by atoms with Gasteiger partial charge in [0, 0.05) is 11.0 Å². The van der Waals surface area contributed by atoms with E-state index in [1.54, 1.807) is 0 Å². The SMILES string of the molecule is CC(CNC(=O)Nc1ccc(Br)cc1C(F)(F)F)C(=O)O. The van der Waals surface area contributed by atoms with Crippen LogP contribution in [0.5, 0.6) is 0 Å². The molecule has 21 heavy (non-hydrogen) atoms. The second-order valence-electron chi connectivity index (χ2n) is 4.26. The zero-order valence-electron chi connectivity index (χ0n) is 10.8. The monoisotopic (exact) mass is 368 g/mol. The van der Waals surface area contributed by atoms with E-state index in [9.17, 15) is 22.8 Å². The lowest BCUT2D eigenvalue weighted by molar-refractivity contribution is -0.141. The average Bonchev–Trinajstić information content (AvgIpc) is 2.36. The molecule has 0 saturated heterocycles. The first-order valence-electron chi connectivity index (χ1n) is 5.75. The molecule has 9 heteroatoms. The summed E-state index contributed by atoms with van der Waals surface area (Å²) in [4.78, 5) is 22.1. The maximum atomic E-state index is 12.8. The minimum absolute atomic E-state index is 0.195. The van der Waals surface area contributed by atoms with Crippen molar-refractivity contribution < 1.29 is 27.9 Å². The third-order valence-electron chi connectivity index (χ3n) is 2.53. The van der Waals surface area contributed by atoms with E-state index in [1.807, 2.05) is 0 Å². The van der Waals surface area contributed by atoms with Crippen molar-refractivity contribution in [2.24, 2.45) is 5.92 Å². The smallest absolute Gasteiger partial charge is 0.418 e. The fourth-order valence-corrected chi connectivity index (χ4v) is 1.72. The highest BCUT2D eigenvalue weighted by Gasteiger charge is 2.34. The lowest BCUT2D eigenvalue weighted by Gasteiger charge is -2.15. The number of aliphatic carboxylic acids is 1. The van der Waals surface area contributed by atoms with Crippen LogP contribution < -0.4 is 10.6 Å². The van der Waals surface area contributed by atoms with E-state index >= 15 is 0 Å². The van der Waals surface area contributed by atoms with Gasteiger partial charge in [-0.2, -0.15) is 13.2 Å². The molecule has 0 aromatic heterocycles. The van der Waals surface area contributed by atoms with Crippen molar-refractivity contribution >= 4 is 33.6 Å². The molecule has 0 bridgehead atoms. The van der Waals surface area contributed by atoms with Crippen LogP contribution in [0.15, 0.2) is 22.7 Å². The zero-order chi connectivity index (χ0) is 16.2. The Morgan fingerprint density at radius 2 is 2.00 bits per heavy atom. The minimum atomic E-state index is -4.62. The standard InChI is InChI=1S/C12H12BrF3N2O3/c1-6(10(19)20)5-17-11(21)18-9-3-2-7(13)4-8(9)12(14,15)16/h2-4,6H,5H2,1H3,(H,19,20)(H2,17,18,21). The molecule has 1 rings (SSSR count). The number of urea groups is 1. The van der Waals surface area contributed by atoms with Gasteiger partial charge in [0.2, 0.25) is 0 Å². The molecule has 0 spiro atoms. The molecule has 1 atom stereocenters. The number of amides is 2. The van der Waals surface area contributed by atoms with Gasteiger partial charge in [-0.1, -0.05) is 22.9 Å². The van der Waals surface area contributed by atoms with Gasteiger partial charge in [-0.3, -0.25) is 4.79 Å². The summed E-state index contributed by atoms with van der Waals surface area (Å²) in [6.07, 6.45) is -4.62. The summed E-state index contributed by atoms with van der Waals surface area (Å²) in [6, 6.07) is 2.39. The molecule has 0 radical (unpaired) electrons. The van der Waals surface area contributed by atoms with Crippen LogP contribution in [0.4, 0.5) is 23.7 Å². The summed E-state index contributed by atoms with van der Waals surface area (Å²) in [5, 5.41) is 12.9. The maximum absolute atomic E-state index is 12.8. The van der Waals surface area contributed by atoms with Crippen LogP contribution in [0.2, 0.25) is 0 Å². The maximum Gasteiger partial charge on any atom is 0.418 e. The van der Waals surface area contributed by atoms with Crippen molar-refractivity contribution in [1.82, 2.24) is 5.32 Å². The van der Waals surface area contributed by atoms with Crippen LogP contribution in [0, 0.1) is 5.92 Å². The molecule has 0 aliphatic heterocycles. The number of carbonyl (C=O) groups is 2. The Morgan fingerprint density at radius 1 is 1.38 bits per heavy atom. The van der Waals surface area contributed by atoms with Gasteiger partial charge in [0.05, 0.1) is 17.2 Å². The van der Waals surface area contributed by atoms with E-state index in [2.05, 4.69) is 26.6 Å². The van der Waals surface area contributed by atoms with Crippen molar-refractivity contribution in [2.45, 2.75) is 13.1 Å². The Kier molecular flexibility index (Phi) is 5.59. The Morgan fingerprint density at radius 3 is 2.52 bits per heavy atom. The number of benzene rings is 1. The van der Waals surface area contributed by atoms with Gasteiger partial charge in [0.1, 0.15) is 0 Å². The molecule has 0 aliphatic rings. The van der Waals surface area contributed by atoms with Crippen LogP contribution in [-0.4, -0.2) is 23.7 Å². The molecule has 3 N–H and O–H groups in total. The van der Waals surface area contributed by atoms with Crippen LogP contribution in [-0.2, 0) is 11.0 Å². The number of anilines is 1. The van der Waals surface area contributed by atoms with Gasteiger partial charge >= 0.3 is 18.2 Å². The van der Waals surface area contributed by atoms with Crippen molar-refractivity contribution in [3.05, 3.63) is 28.2 Å². The van der Waals surface area contributed by atoms with E-state index < -0.39 is 35.3 Å². The summed E-state index contributed by atoms with van der Waals surface area (Å²) < 4.78 is 38.7. The number of carbonyl (C=O) groups excluding carboxylic acids is 1. The fraction of sp³-hybridized carbons (Fsp3) is 0.333. The molecule has 0 saturated carbocycles. The second-order valence-corrected chi connectivity index (χ2v) is 5.18. The average molecular weight is 369 g/mol. The second kappa shape index (κ2) is 6.79. The number of rotatable bonds is 4. The molecule has 5 nitrogen and oxygen atoms in total. The Balaban J connectivity index is 2.79. The van der Waals surface area contributed by atoms with Crippen molar-refractivity contribution in [1.29, 1.82) is 0 Å². The predicted molar refractivity (Wildman–Crippen MR) is 73.0 cm³/mol. The number of carboxylic acid groups (broad SMARTS) is 1. The molecule has 0 aliphatic carbocycles. The lowest BCUT2D eigenvalue weighted by Crippen LogP contribution is -2.35. The number of hydrogen-bond donors (Lipinski definition) is 3. The summed E-state index contributed by atoms with van der Waals surface area (Å²) in [7, 11) is 0. The topological polar surface area (TPSA) is 78.4 Å². The molecule has 1 unspecified atom stereocenters. The molecule has 0 fully saturated rings. The van der Waals surface area contributed by atoms with E-state index in [1.165, 1.54) is 13.0 Å². The van der Waals surface area contributed by atoms with E-state index in [4.69, 9.17) is 5.11 Å². The van der Waals surface area contributed by atoms with Gasteiger partial charge in [-0.15, -0.1) is 0 Å². The summed E-state index contributed by atoms with van der Waals surface area (Å²) in [5.41, 5.74) is -1.41. The highest BCUT2D eigenvalue weighted by molar-refractivity contribution is 9.10. The van der Waals surface area contributed by atoms with Crippen molar-refractivity contribution in [3.63, 3.8) is 0 Å². The number of nitrogens with one attached hydrogen (secondary N) is 2. The summed E-state index contributed by atoms with van der Waals surface area (Å²) in [5.74, 6) is -1.96. The molecular formula is C12H12BrF3N2O3. The third-order valence-corrected chi connectivity index (χ3v) is 3.02. The largest absolute Gasteiger partial charge is 0.481 e. The summed E-state index contributed by atoms with van der Waals surface area (Å²) in [6.45, 7) is 1.17. The quantitative estimate of drug-likeness (QED) is 0.762. The van der Waals surface area contributed by atoms with Gasteiger partial charge < -0.3 is 15.7 Å². The first kappa shape index (κ1) is 17.3. The highest BCUT2D eigenvalue weighted by atomic mass is 79.9. The van der Waals surface area contributed by atoms with Gasteiger partial charge in [0.25, 0.3) is 0 Å². The Bertz CT molecular complexity index is 549. The number of alkyl halides is 3. The molecule has 1 aromatic carbocycles. The van der Waals surface area contributed by atoms with Gasteiger partial charge in [0.15, 0.2) is 0 Å². The highest BCUT2D eigenvalue weighted by Crippen LogP contribution is 2.36. The van der Waals surface area contributed by atoms with Gasteiger partial charge in [-0.25, -0.2) is 4.79 Å². The molecule has 1 aromatic rings. The molecule has 0 heterocycles. The summed E-state index contributed by atoms with van der Waals surface area (Å²) >= 11 is 2.93.